The van der Waals surface area contributed by atoms with Crippen LogP contribution in [0.5, 0.6) is 0 Å². The van der Waals surface area contributed by atoms with Crippen LogP contribution in [0, 0.1) is 11.2 Å². The van der Waals surface area contributed by atoms with Crippen LogP contribution in [0.3, 0.4) is 0 Å². The fourth-order valence-corrected chi connectivity index (χ4v) is 2.72. The van der Waals surface area contributed by atoms with Crippen molar-refractivity contribution in [1.29, 1.82) is 0 Å². The van der Waals surface area contributed by atoms with Gasteiger partial charge in [-0.3, -0.25) is 14.4 Å². The van der Waals surface area contributed by atoms with Gasteiger partial charge in [-0.15, -0.1) is 0 Å². The third-order valence-corrected chi connectivity index (χ3v) is 4.48. The summed E-state index contributed by atoms with van der Waals surface area (Å²) in [4.78, 5) is 39.8. The summed E-state index contributed by atoms with van der Waals surface area (Å²) in [5.74, 6) is -0.984. The maximum absolute atomic E-state index is 12.9. The largest absolute Gasteiger partial charge is 0.351 e. The lowest BCUT2D eigenvalue weighted by Crippen LogP contribution is -2.56. The molecule has 0 spiro atoms. The second-order valence-corrected chi connectivity index (χ2v) is 6.73. The predicted molar refractivity (Wildman–Crippen MR) is 90.9 cm³/mol. The van der Waals surface area contributed by atoms with Gasteiger partial charge in [0.05, 0.1) is 0 Å². The topological polar surface area (TPSA) is 69.7 Å². The number of piperazine rings is 1. The van der Waals surface area contributed by atoms with Crippen molar-refractivity contribution in [3.8, 4) is 0 Å². The van der Waals surface area contributed by atoms with E-state index in [1.54, 1.807) is 35.8 Å². The summed E-state index contributed by atoms with van der Waals surface area (Å²) >= 11 is 0. The Hall–Kier alpha value is -2.44. The fraction of sp³-hybridized carbons (Fsp3) is 0.500. The van der Waals surface area contributed by atoms with Crippen molar-refractivity contribution < 1.29 is 18.8 Å². The first-order chi connectivity index (χ1) is 11.7. The molecule has 0 saturated carbocycles. The highest BCUT2D eigenvalue weighted by atomic mass is 19.1. The van der Waals surface area contributed by atoms with Gasteiger partial charge in [0, 0.05) is 39.6 Å². The summed E-state index contributed by atoms with van der Waals surface area (Å²) in [6.07, 6.45) is 0. The third-order valence-electron chi connectivity index (χ3n) is 4.48. The van der Waals surface area contributed by atoms with Crippen LogP contribution in [0.15, 0.2) is 24.3 Å². The SMILES string of the molecule is CC(=O)N1CCN(C(=O)C(C)(C)C(=O)NCc2ccc(F)cc2)CC1. The molecule has 6 nitrogen and oxygen atoms in total. The minimum atomic E-state index is -1.21. The first-order valence-electron chi connectivity index (χ1n) is 8.29. The molecule has 1 fully saturated rings. The second-order valence-electron chi connectivity index (χ2n) is 6.73. The second kappa shape index (κ2) is 7.63. The van der Waals surface area contributed by atoms with Crippen LogP contribution in [0.2, 0.25) is 0 Å². The smallest absolute Gasteiger partial charge is 0.237 e. The summed E-state index contributed by atoms with van der Waals surface area (Å²) in [6.45, 7) is 6.72. The molecule has 1 aliphatic rings. The van der Waals surface area contributed by atoms with E-state index in [-0.39, 0.29) is 30.1 Å². The summed E-state index contributed by atoms with van der Waals surface area (Å²) < 4.78 is 12.9. The van der Waals surface area contributed by atoms with Crippen LogP contribution in [-0.2, 0) is 20.9 Å². The zero-order chi connectivity index (χ0) is 18.6. The number of amides is 3. The van der Waals surface area contributed by atoms with E-state index in [1.165, 1.54) is 19.1 Å². The van der Waals surface area contributed by atoms with Crippen molar-refractivity contribution >= 4 is 17.7 Å². The first-order valence-corrected chi connectivity index (χ1v) is 8.29. The number of benzene rings is 1. The Bertz CT molecular complexity index is 650. The van der Waals surface area contributed by atoms with Gasteiger partial charge in [0.2, 0.25) is 17.7 Å². The lowest BCUT2D eigenvalue weighted by atomic mass is 9.90. The monoisotopic (exact) mass is 349 g/mol. The van der Waals surface area contributed by atoms with Crippen molar-refractivity contribution in [2.75, 3.05) is 26.2 Å². The lowest BCUT2D eigenvalue weighted by molar-refractivity contribution is -0.151. The van der Waals surface area contributed by atoms with E-state index in [0.29, 0.717) is 26.2 Å². The van der Waals surface area contributed by atoms with E-state index in [9.17, 15) is 18.8 Å². The molecule has 1 N–H and O–H groups in total. The molecule has 136 valence electrons. The molecule has 0 aromatic heterocycles. The van der Waals surface area contributed by atoms with Gasteiger partial charge in [0.15, 0.2) is 0 Å². The molecular weight excluding hydrogens is 325 g/mol. The molecule has 3 amide bonds. The van der Waals surface area contributed by atoms with Crippen molar-refractivity contribution in [3.05, 3.63) is 35.6 Å². The number of rotatable bonds is 4. The van der Waals surface area contributed by atoms with E-state index in [4.69, 9.17) is 0 Å². The molecule has 0 unspecified atom stereocenters. The maximum atomic E-state index is 12.9. The van der Waals surface area contributed by atoms with E-state index in [1.807, 2.05) is 0 Å². The Kier molecular flexibility index (Phi) is 5.77. The van der Waals surface area contributed by atoms with Gasteiger partial charge in [0.1, 0.15) is 11.2 Å². The van der Waals surface area contributed by atoms with Gasteiger partial charge < -0.3 is 15.1 Å². The summed E-state index contributed by atoms with van der Waals surface area (Å²) in [6, 6.07) is 5.83. The van der Waals surface area contributed by atoms with Crippen LogP contribution in [0.1, 0.15) is 26.3 Å². The molecule has 1 saturated heterocycles. The number of hydrogen-bond acceptors (Lipinski definition) is 3. The Morgan fingerprint density at radius 3 is 2.08 bits per heavy atom. The third kappa shape index (κ3) is 4.55. The molecule has 1 aromatic rings. The van der Waals surface area contributed by atoms with Gasteiger partial charge in [-0.2, -0.15) is 0 Å². The average Bonchev–Trinajstić information content (AvgIpc) is 2.60. The van der Waals surface area contributed by atoms with Crippen LogP contribution in [0.4, 0.5) is 4.39 Å². The molecule has 25 heavy (non-hydrogen) atoms. The number of halogens is 1. The van der Waals surface area contributed by atoms with Gasteiger partial charge in [-0.1, -0.05) is 12.1 Å². The standard InChI is InChI=1S/C18H24FN3O3/c1-13(23)21-8-10-22(11-9-21)17(25)18(2,3)16(24)20-12-14-4-6-15(19)7-5-14/h4-7H,8-12H2,1-3H3,(H,20,24). The van der Waals surface area contributed by atoms with Crippen molar-refractivity contribution in [3.63, 3.8) is 0 Å². The number of carbonyl (C=O) groups is 3. The molecule has 1 heterocycles. The normalized spacial score (nSPS) is 15.0. The highest BCUT2D eigenvalue weighted by Gasteiger charge is 2.40. The highest BCUT2D eigenvalue weighted by Crippen LogP contribution is 2.21. The number of hydrogen-bond donors (Lipinski definition) is 1. The highest BCUT2D eigenvalue weighted by molar-refractivity contribution is 6.04. The molecule has 0 bridgehead atoms. The van der Waals surface area contributed by atoms with Crippen LogP contribution >= 0.6 is 0 Å². The molecular formula is C18H24FN3O3. The fourth-order valence-electron chi connectivity index (χ4n) is 2.72. The summed E-state index contributed by atoms with van der Waals surface area (Å²) in [5, 5.41) is 2.73. The summed E-state index contributed by atoms with van der Waals surface area (Å²) in [7, 11) is 0. The Labute approximate surface area is 147 Å². The molecule has 2 rings (SSSR count). The zero-order valence-corrected chi connectivity index (χ0v) is 14.8. The Morgan fingerprint density at radius 2 is 1.56 bits per heavy atom. The minimum Gasteiger partial charge on any atom is -0.351 e. The van der Waals surface area contributed by atoms with Crippen molar-refractivity contribution in [1.82, 2.24) is 15.1 Å². The van der Waals surface area contributed by atoms with E-state index in [2.05, 4.69) is 5.32 Å². The molecule has 0 atom stereocenters. The van der Waals surface area contributed by atoms with Gasteiger partial charge in [0.25, 0.3) is 0 Å². The summed E-state index contributed by atoms with van der Waals surface area (Å²) in [5.41, 5.74) is -0.452. The average molecular weight is 349 g/mol. The van der Waals surface area contributed by atoms with E-state index in [0.717, 1.165) is 5.56 Å². The molecule has 7 heteroatoms. The van der Waals surface area contributed by atoms with Gasteiger partial charge in [-0.05, 0) is 31.5 Å². The van der Waals surface area contributed by atoms with Crippen LogP contribution in [-0.4, -0.2) is 53.7 Å². The van der Waals surface area contributed by atoms with Crippen LogP contribution < -0.4 is 5.32 Å². The van der Waals surface area contributed by atoms with Gasteiger partial charge >= 0.3 is 0 Å². The van der Waals surface area contributed by atoms with Crippen molar-refractivity contribution in [2.45, 2.75) is 27.3 Å². The zero-order valence-electron chi connectivity index (χ0n) is 14.8. The molecule has 1 aliphatic heterocycles. The first kappa shape index (κ1) is 18.9. The molecule has 0 radical (unpaired) electrons. The van der Waals surface area contributed by atoms with E-state index < -0.39 is 5.41 Å². The molecule has 1 aromatic carbocycles. The predicted octanol–water partition coefficient (Wildman–Crippen LogP) is 1.16. The maximum Gasteiger partial charge on any atom is 0.237 e. The van der Waals surface area contributed by atoms with Crippen LogP contribution in [0.25, 0.3) is 0 Å². The number of nitrogens with one attached hydrogen (secondary N) is 1. The lowest BCUT2D eigenvalue weighted by Gasteiger charge is -2.37. The number of nitrogens with zero attached hydrogens (tertiary/aromatic N) is 2. The van der Waals surface area contributed by atoms with Crippen molar-refractivity contribution in [2.24, 2.45) is 5.41 Å². The Morgan fingerprint density at radius 1 is 1.04 bits per heavy atom. The number of carbonyl (C=O) groups excluding carboxylic acids is 3. The minimum absolute atomic E-state index is 0.0107. The molecule has 0 aliphatic carbocycles. The van der Waals surface area contributed by atoms with Gasteiger partial charge in [-0.25, -0.2) is 4.39 Å². The Balaban J connectivity index is 1.92. The van der Waals surface area contributed by atoms with E-state index >= 15 is 0 Å². The quantitative estimate of drug-likeness (QED) is 0.830.